The molecule has 8 nitrogen and oxygen atoms in total. The zero-order chi connectivity index (χ0) is 20.5. The minimum absolute atomic E-state index is 0.0610. The van der Waals surface area contributed by atoms with Crippen molar-refractivity contribution in [3.05, 3.63) is 55.9 Å². The van der Waals surface area contributed by atoms with Crippen molar-refractivity contribution in [2.24, 2.45) is 0 Å². The van der Waals surface area contributed by atoms with Gasteiger partial charge in [-0.2, -0.15) is 4.31 Å². The van der Waals surface area contributed by atoms with E-state index in [2.05, 4.69) is 0 Å². The predicted molar refractivity (Wildman–Crippen MR) is 106 cm³/mol. The number of nitro groups is 1. The van der Waals surface area contributed by atoms with Crippen molar-refractivity contribution in [1.29, 1.82) is 0 Å². The van der Waals surface area contributed by atoms with Gasteiger partial charge in [-0.1, -0.05) is 17.7 Å². The molecule has 2 aromatic rings. The second-order valence-corrected chi connectivity index (χ2v) is 9.72. The lowest BCUT2D eigenvalue weighted by molar-refractivity contribution is -0.384. The number of nitro benzene ring substituents is 1. The Morgan fingerprint density at radius 2 is 1.93 bits per heavy atom. The normalized spacial score (nSPS) is 15.7. The summed E-state index contributed by atoms with van der Waals surface area (Å²) in [5, 5.41) is 20.5. The third kappa shape index (κ3) is 4.09. The van der Waals surface area contributed by atoms with Crippen LogP contribution in [0.4, 0.5) is 5.69 Å². The van der Waals surface area contributed by atoms with Crippen LogP contribution in [0.5, 0.6) is 0 Å². The minimum Gasteiger partial charge on any atom is -0.478 e. The summed E-state index contributed by atoms with van der Waals surface area (Å²) < 4.78 is 26.7. The highest BCUT2D eigenvalue weighted by molar-refractivity contribution is 7.91. The third-order valence-electron chi connectivity index (χ3n) is 4.21. The average molecular weight is 443 g/mol. The zero-order valence-corrected chi connectivity index (χ0v) is 16.8. The Morgan fingerprint density at radius 3 is 2.54 bits per heavy atom. The van der Waals surface area contributed by atoms with E-state index in [4.69, 9.17) is 11.6 Å². The van der Waals surface area contributed by atoms with Crippen LogP contribution < -0.4 is 0 Å². The van der Waals surface area contributed by atoms with Gasteiger partial charge < -0.3 is 5.11 Å². The van der Waals surface area contributed by atoms with Crippen molar-refractivity contribution in [2.45, 2.75) is 17.1 Å². The SMILES string of the molecule is O=C(O)/C(=C\c1ccc(Cl)c([N+](=O)[O-])c1)c1ccc(S(=O)(=O)N2CCCC2)s1. The fraction of sp³-hybridized carbons (Fsp3) is 0.235. The molecule has 1 aromatic heterocycles. The maximum Gasteiger partial charge on any atom is 0.337 e. The summed E-state index contributed by atoms with van der Waals surface area (Å²) in [6, 6.07) is 6.74. The Morgan fingerprint density at radius 1 is 1.25 bits per heavy atom. The van der Waals surface area contributed by atoms with Gasteiger partial charge in [0, 0.05) is 24.0 Å². The van der Waals surface area contributed by atoms with Gasteiger partial charge in [0.05, 0.1) is 10.5 Å². The van der Waals surface area contributed by atoms with Crippen LogP contribution in [0.2, 0.25) is 5.02 Å². The van der Waals surface area contributed by atoms with Crippen LogP contribution in [0.15, 0.2) is 34.5 Å². The number of halogens is 1. The second kappa shape index (κ2) is 8.00. The van der Waals surface area contributed by atoms with Crippen molar-refractivity contribution < 1.29 is 23.2 Å². The van der Waals surface area contributed by atoms with Crippen LogP contribution in [0.3, 0.4) is 0 Å². The largest absolute Gasteiger partial charge is 0.478 e. The topological polar surface area (TPSA) is 118 Å². The van der Waals surface area contributed by atoms with Gasteiger partial charge >= 0.3 is 5.97 Å². The second-order valence-electron chi connectivity index (χ2n) is 6.06. The molecule has 28 heavy (non-hydrogen) atoms. The highest BCUT2D eigenvalue weighted by Gasteiger charge is 2.29. The van der Waals surface area contributed by atoms with Crippen LogP contribution in [0.1, 0.15) is 23.3 Å². The van der Waals surface area contributed by atoms with Crippen LogP contribution in [-0.2, 0) is 14.8 Å². The Balaban J connectivity index is 1.99. The lowest BCUT2D eigenvalue weighted by Gasteiger charge is -2.13. The van der Waals surface area contributed by atoms with E-state index in [-0.39, 0.29) is 30.9 Å². The van der Waals surface area contributed by atoms with E-state index >= 15 is 0 Å². The summed E-state index contributed by atoms with van der Waals surface area (Å²) in [5.41, 5.74) is -0.237. The van der Waals surface area contributed by atoms with Gasteiger partial charge in [0.1, 0.15) is 9.23 Å². The van der Waals surface area contributed by atoms with Crippen molar-refractivity contribution in [3.8, 4) is 0 Å². The fourth-order valence-corrected chi connectivity index (χ4v) is 6.00. The van der Waals surface area contributed by atoms with Crippen molar-refractivity contribution >= 4 is 56.3 Å². The first kappa shape index (κ1) is 20.5. The smallest absolute Gasteiger partial charge is 0.337 e. The summed E-state index contributed by atoms with van der Waals surface area (Å²) in [5.74, 6) is -1.27. The lowest BCUT2D eigenvalue weighted by Crippen LogP contribution is -2.27. The number of sulfonamides is 1. The van der Waals surface area contributed by atoms with E-state index in [0.29, 0.717) is 13.1 Å². The molecule has 0 unspecified atom stereocenters. The van der Waals surface area contributed by atoms with Crippen LogP contribution in [0, 0.1) is 10.1 Å². The highest BCUT2D eigenvalue weighted by atomic mass is 35.5. The first-order chi connectivity index (χ1) is 13.2. The first-order valence-corrected chi connectivity index (χ1v) is 10.8. The molecule has 1 fully saturated rings. The number of carbonyl (C=O) groups is 1. The van der Waals surface area contributed by atoms with E-state index in [1.165, 1.54) is 40.7 Å². The summed E-state index contributed by atoms with van der Waals surface area (Å²) in [7, 11) is -3.65. The number of carboxylic acids is 1. The molecule has 0 amide bonds. The number of carboxylic acid groups (broad SMARTS) is 1. The van der Waals surface area contributed by atoms with E-state index in [0.717, 1.165) is 24.2 Å². The summed E-state index contributed by atoms with van der Waals surface area (Å²) >= 11 is 6.63. The molecule has 1 N–H and O–H groups in total. The highest BCUT2D eigenvalue weighted by Crippen LogP contribution is 2.33. The molecule has 0 aliphatic carbocycles. The van der Waals surface area contributed by atoms with Gasteiger partial charge in [0.25, 0.3) is 15.7 Å². The number of thiophene rings is 1. The molecule has 0 spiro atoms. The van der Waals surface area contributed by atoms with Crippen LogP contribution >= 0.6 is 22.9 Å². The number of rotatable bonds is 6. The molecule has 1 aliphatic heterocycles. The third-order valence-corrected chi connectivity index (χ3v) is 8.02. The van der Waals surface area contributed by atoms with E-state index in [1.807, 2.05) is 0 Å². The average Bonchev–Trinajstić information content (AvgIpc) is 3.32. The molecular formula is C17H15ClN2O6S2. The monoisotopic (exact) mass is 442 g/mol. The summed E-state index contributed by atoms with van der Waals surface area (Å²) in [4.78, 5) is 22.3. The molecule has 1 aliphatic rings. The van der Waals surface area contributed by atoms with E-state index < -0.39 is 20.9 Å². The Labute approximate surface area is 169 Å². The molecule has 11 heteroatoms. The Bertz CT molecular complexity index is 1070. The summed E-state index contributed by atoms with van der Waals surface area (Å²) in [6.07, 6.45) is 2.85. The van der Waals surface area contributed by atoms with E-state index in [1.54, 1.807) is 0 Å². The summed E-state index contributed by atoms with van der Waals surface area (Å²) in [6.45, 7) is 0.900. The minimum atomic E-state index is -3.65. The van der Waals surface area contributed by atoms with Crippen molar-refractivity contribution in [2.75, 3.05) is 13.1 Å². The lowest BCUT2D eigenvalue weighted by atomic mass is 10.1. The molecule has 1 aromatic carbocycles. The van der Waals surface area contributed by atoms with Crippen molar-refractivity contribution in [1.82, 2.24) is 4.31 Å². The molecule has 0 bridgehead atoms. The van der Waals surface area contributed by atoms with E-state index in [9.17, 15) is 28.4 Å². The van der Waals surface area contributed by atoms with Crippen LogP contribution in [0.25, 0.3) is 11.6 Å². The number of nitrogens with zero attached hydrogens (tertiary/aromatic N) is 2. The van der Waals surface area contributed by atoms with Gasteiger partial charge in [-0.3, -0.25) is 10.1 Å². The number of hydrogen-bond donors (Lipinski definition) is 1. The maximum atomic E-state index is 12.6. The number of aliphatic carboxylic acids is 1. The fourth-order valence-electron chi connectivity index (χ4n) is 2.82. The Kier molecular flexibility index (Phi) is 5.84. The molecule has 148 valence electrons. The molecule has 2 heterocycles. The Hall–Kier alpha value is -2.27. The van der Waals surface area contributed by atoms with Gasteiger partial charge in [-0.15, -0.1) is 11.3 Å². The van der Waals surface area contributed by atoms with Gasteiger partial charge in [-0.05, 0) is 42.7 Å². The molecule has 0 radical (unpaired) electrons. The van der Waals surface area contributed by atoms with Gasteiger partial charge in [0.2, 0.25) is 0 Å². The molecule has 3 rings (SSSR count). The quantitative estimate of drug-likeness (QED) is 0.413. The van der Waals surface area contributed by atoms with Gasteiger partial charge in [0.15, 0.2) is 0 Å². The standard InChI is InChI=1S/C17H15ClN2O6S2/c18-13-4-3-11(10-14(13)20(23)24)9-12(17(21)22)15-5-6-16(27-15)28(25,26)19-7-1-2-8-19/h3-6,9-10H,1-2,7-8H2,(H,21,22)/b12-9-. The van der Waals surface area contributed by atoms with Crippen LogP contribution in [-0.4, -0.2) is 41.8 Å². The molecular weight excluding hydrogens is 428 g/mol. The molecule has 0 saturated carbocycles. The predicted octanol–water partition coefficient (Wildman–Crippen LogP) is 3.72. The number of hydrogen-bond acceptors (Lipinski definition) is 6. The molecule has 1 saturated heterocycles. The first-order valence-electron chi connectivity index (χ1n) is 8.19. The number of benzene rings is 1. The van der Waals surface area contributed by atoms with Gasteiger partial charge in [-0.25, -0.2) is 13.2 Å². The maximum absolute atomic E-state index is 12.6. The van der Waals surface area contributed by atoms with Crippen molar-refractivity contribution in [3.63, 3.8) is 0 Å². The zero-order valence-electron chi connectivity index (χ0n) is 14.4. The molecule has 0 atom stereocenters.